The molecule has 0 aromatic rings. The van der Waals surface area contributed by atoms with Crippen molar-refractivity contribution in [3.05, 3.63) is 0 Å². The average molecular weight is 182 g/mol. The third kappa shape index (κ3) is 1.82. The van der Waals surface area contributed by atoms with Gasteiger partial charge in [0.25, 0.3) is 0 Å². The lowest BCUT2D eigenvalue weighted by atomic mass is 10.2. The lowest BCUT2D eigenvalue weighted by Crippen LogP contribution is -2.43. The Kier molecular flexibility index (Phi) is 2.20. The van der Waals surface area contributed by atoms with Gasteiger partial charge < -0.3 is 10.2 Å². The number of nitrogens with one attached hydrogen (secondary N) is 1. The second-order valence-corrected chi connectivity index (χ2v) is 3.78. The fraction of sp³-hybridized carbons (Fsp3) is 0.778. The van der Waals surface area contributed by atoms with E-state index in [0.29, 0.717) is 6.04 Å². The van der Waals surface area contributed by atoms with E-state index in [9.17, 15) is 9.59 Å². The molecule has 0 aromatic heterocycles. The molecule has 1 unspecified atom stereocenters. The van der Waals surface area contributed by atoms with E-state index in [4.69, 9.17) is 0 Å². The van der Waals surface area contributed by atoms with Crippen LogP contribution in [0.25, 0.3) is 0 Å². The number of carbonyl (C=O) groups excluding carboxylic acids is 2. The summed E-state index contributed by atoms with van der Waals surface area (Å²) in [6.07, 6.45) is 4.74. The first-order chi connectivity index (χ1) is 6.31. The topological polar surface area (TPSA) is 49.4 Å². The van der Waals surface area contributed by atoms with Crippen LogP contribution in [0.1, 0.15) is 25.7 Å². The van der Waals surface area contributed by atoms with Crippen molar-refractivity contribution in [2.75, 3.05) is 6.54 Å². The monoisotopic (exact) mass is 182 g/mol. The maximum Gasteiger partial charge on any atom is 0.243 e. The van der Waals surface area contributed by atoms with Crippen molar-refractivity contribution in [2.24, 2.45) is 0 Å². The van der Waals surface area contributed by atoms with Crippen molar-refractivity contribution in [3.8, 4) is 0 Å². The molecule has 1 aliphatic heterocycles. The third-order valence-corrected chi connectivity index (χ3v) is 2.66. The van der Waals surface area contributed by atoms with Crippen LogP contribution in [-0.4, -0.2) is 35.8 Å². The Morgan fingerprint density at radius 2 is 2.15 bits per heavy atom. The molecule has 72 valence electrons. The molecule has 4 heteroatoms. The van der Waals surface area contributed by atoms with Crippen molar-refractivity contribution in [3.63, 3.8) is 0 Å². The highest BCUT2D eigenvalue weighted by molar-refractivity contribution is 5.84. The van der Waals surface area contributed by atoms with E-state index in [2.05, 4.69) is 5.32 Å². The van der Waals surface area contributed by atoms with Crippen LogP contribution in [0.4, 0.5) is 0 Å². The molecule has 0 spiro atoms. The predicted molar refractivity (Wildman–Crippen MR) is 47.0 cm³/mol. The Hall–Kier alpha value is -1.06. The van der Waals surface area contributed by atoms with E-state index in [1.807, 2.05) is 0 Å². The second-order valence-electron chi connectivity index (χ2n) is 3.78. The third-order valence-electron chi connectivity index (χ3n) is 2.66. The standard InChI is InChI=1S/C9H14N2O2/c12-6-11-5-1-2-8(11)9(13)10-7-3-4-7/h6-8H,1-5H2,(H,10,13). The summed E-state index contributed by atoms with van der Waals surface area (Å²) in [5.74, 6) is 0.0344. The molecule has 2 fully saturated rings. The van der Waals surface area contributed by atoms with Gasteiger partial charge in [0.15, 0.2) is 0 Å². The predicted octanol–water partition coefficient (Wildman–Crippen LogP) is -0.114. The molecule has 0 aromatic carbocycles. The summed E-state index contributed by atoms with van der Waals surface area (Å²) in [6, 6.07) is 0.194. The van der Waals surface area contributed by atoms with Crippen molar-refractivity contribution in [1.29, 1.82) is 0 Å². The van der Waals surface area contributed by atoms with E-state index < -0.39 is 0 Å². The largest absolute Gasteiger partial charge is 0.352 e. The maximum atomic E-state index is 11.6. The van der Waals surface area contributed by atoms with Gasteiger partial charge in [-0.3, -0.25) is 9.59 Å². The number of likely N-dealkylation sites (tertiary alicyclic amines) is 1. The molecule has 4 nitrogen and oxygen atoms in total. The molecule has 1 N–H and O–H groups in total. The Bertz CT molecular complexity index is 226. The fourth-order valence-corrected chi connectivity index (χ4v) is 1.72. The van der Waals surface area contributed by atoms with Gasteiger partial charge in [-0.1, -0.05) is 0 Å². The minimum Gasteiger partial charge on any atom is -0.352 e. The maximum absolute atomic E-state index is 11.6. The summed E-state index contributed by atoms with van der Waals surface area (Å²) in [4.78, 5) is 23.7. The summed E-state index contributed by atoms with van der Waals surface area (Å²) in [7, 11) is 0. The molecule has 1 saturated heterocycles. The molecule has 2 amide bonds. The van der Waals surface area contributed by atoms with Crippen molar-refractivity contribution in [1.82, 2.24) is 10.2 Å². The summed E-state index contributed by atoms with van der Waals surface area (Å²) < 4.78 is 0. The Morgan fingerprint density at radius 1 is 1.38 bits per heavy atom. The van der Waals surface area contributed by atoms with Crippen LogP contribution in [0.5, 0.6) is 0 Å². The number of hydrogen-bond donors (Lipinski definition) is 1. The first kappa shape index (κ1) is 8.53. The Balaban J connectivity index is 1.89. The summed E-state index contributed by atoms with van der Waals surface area (Å²) in [6.45, 7) is 0.728. The molecule has 1 aliphatic carbocycles. The van der Waals surface area contributed by atoms with E-state index >= 15 is 0 Å². The van der Waals surface area contributed by atoms with Crippen LogP contribution in [0.15, 0.2) is 0 Å². The summed E-state index contributed by atoms with van der Waals surface area (Å²) in [5, 5.41) is 2.92. The normalized spacial score (nSPS) is 27.4. The van der Waals surface area contributed by atoms with Crippen LogP contribution in [-0.2, 0) is 9.59 Å². The molecule has 2 rings (SSSR count). The SMILES string of the molecule is O=CN1CCCC1C(=O)NC1CC1. The van der Waals surface area contributed by atoms with E-state index in [0.717, 1.165) is 38.6 Å². The lowest BCUT2D eigenvalue weighted by molar-refractivity contribution is -0.131. The summed E-state index contributed by atoms with van der Waals surface area (Å²) in [5.41, 5.74) is 0. The zero-order valence-corrected chi connectivity index (χ0v) is 7.53. The first-order valence-corrected chi connectivity index (χ1v) is 4.82. The molecule has 0 radical (unpaired) electrons. The molecule has 1 heterocycles. The van der Waals surface area contributed by atoms with Gasteiger partial charge in [0, 0.05) is 12.6 Å². The van der Waals surface area contributed by atoms with Crippen molar-refractivity contribution >= 4 is 12.3 Å². The quantitative estimate of drug-likeness (QED) is 0.619. The van der Waals surface area contributed by atoms with Gasteiger partial charge in [-0.25, -0.2) is 0 Å². The molecule has 13 heavy (non-hydrogen) atoms. The van der Waals surface area contributed by atoms with Gasteiger partial charge in [0.2, 0.25) is 12.3 Å². The summed E-state index contributed by atoms with van der Waals surface area (Å²) >= 11 is 0. The minimum absolute atomic E-state index is 0.0344. The highest BCUT2D eigenvalue weighted by atomic mass is 16.2. The number of nitrogens with zero attached hydrogens (tertiary/aromatic N) is 1. The zero-order chi connectivity index (χ0) is 9.26. The Morgan fingerprint density at radius 3 is 2.77 bits per heavy atom. The van der Waals surface area contributed by atoms with E-state index in [-0.39, 0.29) is 11.9 Å². The number of amides is 2. The van der Waals surface area contributed by atoms with E-state index in [1.165, 1.54) is 0 Å². The molecule has 1 atom stereocenters. The molecular weight excluding hydrogens is 168 g/mol. The molecule has 2 aliphatic rings. The van der Waals surface area contributed by atoms with Crippen LogP contribution in [0.2, 0.25) is 0 Å². The zero-order valence-electron chi connectivity index (χ0n) is 7.53. The van der Waals surface area contributed by atoms with Crippen molar-refractivity contribution < 1.29 is 9.59 Å². The van der Waals surface area contributed by atoms with Gasteiger partial charge in [-0.05, 0) is 25.7 Å². The second kappa shape index (κ2) is 3.36. The molecule has 0 bridgehead atoms. The van der Waals surface area contributed by atoms with Gasteiger partial charge in [-0.15, -0.1) is 0 Å². The minimum atomic E-state index is -0.196. The van der Waals surface area contributed by atoms with E-state index in [1.54, 1.807) is 4.90 Å². The van der Waals surface area contributed by atoms with Gasteiger partial charge in [0.05, 0.1) is 0 Å². The first-order valence-electron chi connectivity index (χ1n) is 4.82. The number of carbonyl (C=O) groups is 2. The lowest BCUT2D eigenvalue weighted by Gasteiger charge is -2.18. The highest BCUT2D eigenvalue weighted by Crippen LogP contribution is 2.21. The van der Waals surface area contributed by atoms with Gasteiger partial charge >= 0.3 is 0 Å². The van der Waals surface area contributed by atoms with Crippen LogP contribution >= 0.6 is 0 Å². The highest BCUT2D eigenvalue weighted by Gasteiger charge is 2.32. The molecule has 1 saturated carbocycles. The average Bonchev–Trinajstić information content (AvgIpc) is 2.82. The molecular formula is C9H14N2O2. The number of rotatable bonds is 3. The van der Waals surface area contributed by atoms with Crippen molar-refractivity contribution in [2.45, 2.75) is 37.8 Å². The van der Waals surface area contributed by atoms with Crippen LogP contribution in [0.3, 0.4) is 0 Å². The smallest absolute Gasteiger partial charge is 0.243 e. The van der Waals surface area contributed by atoms with Crippen LogP contribution in [0, 0.1) is 0 Å². The fourth-order valence-electron chi connectivity index (χ4n) is 1.72. The van der Waals surface area contributed by atoms with Gasteiger partial charge in [0.1, 0.15) is 6.04 Å². The van der Waals surface area contributed by atoms with Crippen LogP contribution < -0.4 is 5.32 Å². The Labute approximate surface area is 77.3 Å². The number of hydrogen-bond acceptors (Lipinski definition) is 2. The van der Waals surface area contributed by atoms with Gasteiger partial charge in [-0.2, -0.15) is 0 Å².